The van der Waals surface area contributed by atoms with Gasteiger partial charge in [0.2, 0.25) is 5.91 Å². The van der Waals surface area contributed by atoms with Crippen LogP contribution in [0.5, 0.6) is 0 Å². The van der Waals surface area contributed by atoms with Crippen molar-refractivity contribution in [3.63, 3.8) is 0 Å². The minimum Gasteiger partial charge on any atom is -0.356 e. The lowest BCUT2D eigenvalue weighted by Crippen LogP contribution is -2.15. The van der Waals surface area contributed by atoms with E-state index in [4.69, 9.17) is 0 Å². The molecule has 2 nitrogen and oxygen atoms in total. The zero-order valence-electron chi connectivity index (χ0n) is 9.22. The number of nitrogens with one attached hydrogen (secondary N) is 1. The third-order valence-electron chi connectivity index (χ3n) is 2.86. The fourth-order valence-electron chi connectivity index (χ4n) is 2.05. The molecular weight excluding hydrogens is 205 g/mol. The smallest absolute Gasteiger partial charge is 0.244 e. The second-order valence-electron chi connectivity index (χ2n) is 3.94. The standard InChI is InChI=1S/C13H14FNO/c1-15-13(16)7-10-4-2-3-9-5-6-11(14)8-12(9)10/h5-8H,2-4H2,1H3,(H,15,16)/b10-7-. The molecule has 0 bridgehead atoms. The van der Waals surface area contributed by atoms with Crippen LogP contribution in [0.3, 0.4) is 0 Å². The molecular formula is C13H14FNO. The molecule has 0 fully saturated rings. The predicted octanol–water partition coefficient (Wildman–Crippen LogP) is 2.29. The van der Waals surface area contributed by atoms with Crippen molar-refractivity contribution in [3.05, 3.63) is 41.2 Å². The molecule has 1 amide bonds. The highest BCUT2D eigenvalue weighted by Crippen LogP contribution is 2.30. The molecule has 1 aliphatic rings. The number of carbonyl (C=O) groups is 1. The van der Waals surface area contributed by atoms with Crippen molar-refractivity contribution in [2.45, 2.75) is 19.3 Å². The maximum absolute atomic E-state index is 13.2. The van der Waals surface area contributed by atoms with Gasteiger partial charge >= 0.3 is 0 Å². The summed E-state index contributed by atoms with van der Waals surface area (Å²) in [7, 11) is 1.59. The van der Waals surface area contributed by atoms with Crippen LogP contribution in [0.25, 0.3) is 5.57 Å². The summed E-state index contributed by atoms with van der Waals surface area (Å²) >= 11 is 0. The van der Waals surface area contributed by atoms with Gasteiger partial charge in [-0.05, 0) is 48.1 Å². The third-order valence-corrected chi connectivity index (χ3v) is 2.86. The second-order valence-corrected chi connectivity index (χ2v) is 3.94. The highest BCUT2D eigenvalue weighted by Gasteiger charge is 2.15. The molecule has 0 spiro atoms. The van der Waals surface area contributed by atoms with Gasteiger partial charge in [0.05, 0.1) is 0 Å². The first kappa shape index (κ1) is 10.9. The monoisotopic (exact) mass is 219 g/mol. The van der Waals surface area contributed by atoms with E-state index < -0.39 is 0 Å². The number of carbonyl (C=O) groups excluding carboxylic acids is 1. The van der Waals surface area contributed by atoms with Crippen LogP contribution < -0.4 is 5.32 Å². The van der Waals surface area contributed by atoms with E-state index in [9.17, 15) is 9.18 Å². The Morgan fingerprint density at radius 2 is 2.25 bits per heavy atom. The van der Waals surface area contributed by atoms with Crippen LogP contribution in [0.1, 0.15) is 24.0 Å². The molecule has 0 heterocycles. The molecule has 0 aliphatic heterocycles. The lowest BCUT2D eigenvalue weighted by atomic mass is 9.87. The van der Waals surface area contributed by atoms with Gasteiger partial charge in [0.15, 0.2) is 0 Å². The fourth-order valence-corrected chi connectivity index (χ4v) is 2.05. The van der Waals surface area contributed by atoms with Crippen LogP contribution in [-0.4, -0.2) is 13.0 Å². The van der Waals surface area contributed by atoms with Gasteiger partial charge in [0.25, 0.3) is 0 Å². The van der Waals surface area contributed by atoms with Crippen molar-refractivity contribution in [2.75, 3.05) is 7.05 Å². The van der Waals surface area contributed by atoms with Crippen LogP contribution in [-0.2, 0) is 11.2 Å². The minimum absolute atomic E-state index is 0.132. The lowest BCUT2D eigenvalue weighted by Gasteiger charge is -2.18. The maximum Gasteiger partial charge on any atom is 0.244 e. The van der Waals surface area contributed by atoms with Gasteiger partial charge in [-0.2, -0.15) is 0 Å². The summed E-state index contributed by atoms with van der Waals surface area (Å²) in [5.41, 5.74) is 2.94. The first-order chi connectivity index (χ1) is 7.70. The normalized spacial score (nSPS) is 17.0. The van der Waals surface area contributed by atoms with Crippen molar-refractivity contribution >= 4 is 11.5 Å². The molecule has 1 N–H and O–H groups in total. The predicted molar refractivity (Wildman–Crippen MR) is 61.4 cm³/mol. The van der Waals surface area contributed by atoms with Crippen molar-refractivity contribution in [1.82, 2.24) is 5.32 Å². The molecule has 0 radical (unpaired) electrons. The molecule has 1 aromatic carbocycles. The van der Waals surface area contributed by atoms with Gasteiger partial charge in [0, 0.05) is 13.1 Å². The van der Waals surface area contributed by atoms with Gasteiger partial charge in [-0.1, -0.05) is 6.07 Å². The summed E-state index contributed by atoms with van der Waals surface area (Å²) in [4.78, 5) is 11.3. The highest BCUT2D eigenvalue weighted by molar-refractivity contribution is 5.95. The number of likely N-dealkylation sites (N-methyl/N-ethyl adjacent to an activating group) is 1. The first-order valence-electron chi connectivity index (χ1n) is 5.42. The number of allylic oxidation sites excluding steroid dienone is 1. The molecule has 0 unspecified atom stereocenters. The average molecular weight is 219 g/mol. The van der Waals surface area contributed by atoms with Crippen molar-refractivity contribution in [3.8, 4) is 0 Å². The van der Waals surface area contributed by atoms with Gasteiger partial charge in [-0.25, -0.2) is 4.39 Å². The van der Waals surface area contributed by atoms with Crippen LogP contribution in [0.2, 0.25) is 0 Å². The molecule has 84 valence electrons. The molecule has 1 aromatic rings. The number of aryl methyl sites for hydroxylation is 1. The van der Waals surface area contributed by atoms with E-state index in [1.54, 1.807) is 13.1 Å². The van der Waals surface area contributed by atoms with E-state index in [0.717, 1.165) is 36.0 Å². The Bertz CT molecular complexity index is 451. The Morgan fingerprint density at radius 1 is 1.44 bits per heavy atom. The number of hydrogen-bond acceptors (Lipinski definition) is 1. The number of halogens is 1. The van der Waals surface area contributed by atoms with E-state index in [1.165, 1.54) is 12.1 Å². The molecule has 0 saturated heterocycles. The van der Waals surface area contributed by atoms with Gasteiger partial charge in [0.1, 0.15) is 5.82 Å². The summed E-state index contributed by atoms with van der Waals surface area (Å²) in [5, 5.41) is 2.55. The van der Waals surface area contributed by atoms with Gasteiger partial charge in [-0.3, -0.25) is 4.79 Å². The second kappa shape index (κ2) is 4.47. The molecule has 1 aliphatic carbocycles. The van der Waals surface area contributed by atoms with E-state index in [1.807, 2.05) is 6.07 Å². The molecule has 0 atom stereocenters. The Morgan fingerprint density at radius 3 is 3.00 bits per heavy atom. The minimum atomic E-state index is -0.247. The average Bonchev–Trinajstić information content (AvgIpc) is 2.29. The van der Waals surface area contributed by atoms with Crippen molar-refractivity contribution < 1.29 is 9.18 Å². The van der Waals surface area contributed by atoms with E-state index in [0.29, 0.717) is 0 Å². The third kappa shape index (κ3) is 2.13. The lowest BCUT2D eigenvalue weighted by molar-refractivity contribution is -0.116. The maximum atomic E-state index is 13.2. The number of benzene rings is 1. The highest BCUT2D eigenvalue weighted by atomic mass is 19.1. The number of amides is 1. The van der Waals surface area contributed by atoms with Gasteiger partial charge < -0.3 is 5.32 Å². The number of fused-ring (bicyclic) bond motifs is 1. The fraction of sp³-hybridized carbons (Fsp3) is 0.308. The quantitative estimate of drug-likeness (QED) is 0.721. The molecule has 0 aromatic heterocycles. The molecule has 0 saturated carbocycles. The SMILES string of the molecule is CNC(=O)/C=C1/CCCc2ccc(F)cc21. The van der Waals surface area contributed by atoms with Crippen LogP contribution >= 0.6 is 0 Å². The van der Waals surface area contributed by atoms with Crippen LogP contribution in [0.15, 0.2) is 24.3 Å². The largest absolute Gasteiger partial charge is 0.356 e. The summed E-state index contributed by atoms with van der Waals surface area (Å²) in [5.74, 6) is -0.379. The molecule has 2 rings (SSSR count). The summed E-state index contributed by atoms with van der Waals surface area (Å²) < 4.78 is 13.2. The molecule has 16 heavy (non-hydrogen) atoms. The Balaban J connectivity index is 2.43. The first-order valence-corrected chi connectivity index (χ1v) is 5.42. The van der Waals surface area contributed by atoms with Crippen LogP contribution in [0.4, 0.5) is 4.39 Å². The summed E-state index contributed by atoms with van der Waals surface area (Å²) in [6.07, 6.45) is 4.38. The number of hydrogen-bond donors (Lipinski definition) is 1. The molecule has 3 heteroatoms. The van der Waals surface area contributed by atoms with E-state index in [-0.39, 0.29) is 11.7 Å². The Hall–Kier alpha value is -1.64. The van der Waals surface area contributed by atoms with Crippen molar-refractivity contribution in [1.29, 1.82) is 0 Å². The Kier molecular flexibility index (Phi) is 3.04. The topological polar surface area (TPSA) is 29.1 Å². The number of rotatable bonds is 1. The van der Waals surface area contributed by atoms with Crippen molar-refractivity contribution in [2.24, 2.45) is 0 Å². The van der Waals surface area contributed by atoms with E-state index in [2.05, 4.69) is 5.32 Å². The summed E-state index contributed by atoms with van der Waals surface area (Å²) in [6, 6.07) is 4.80. The van der Waals surface area contributed by atoms with E-state index >= 15 is 0 Å². The zero-order valence-corrected chi connectivity index (χ0v) is 9.22. The van der Waals surface area contributed by atoms with Gasteiger partial charge in [-0.15, -0.1) is 0 Å². The summed E-state index contributed by atoms with van der Waals surface area (Å²) in [6.45, 7) is 0. The Labute approximate surface area is 94.2 Å². The zero-order chi connectivity index (χ0) is 11.5. The van der Waals surface area contributed by atoms with Crippen LogP contribution in [0, 0.1) is 5.82 Å².